The molecule has 0 aliphatic heterocycles. The van der Waals surface area contributed by atoms with E-state index in [-0.39, 0.29) is 0 Å². The number of benzene rings is 1. The highest BCUT2D eigenvalue weighted by Crippen LogP contribution is 2.10. The molecule has 15 heavy (non-hydrogen) atoms. The molecule has 1 heterocycles. The van der Waals surface area contributed by atoms with E-state index in [1.807, 2.05) is 6.20 Å². The van der Waals surface area contributed by atoms with Crippen molar-refractivity contribution in [1.29, 1.82) is 0 Å². The molecular formula is C12H15BN2. The highest BCUT2D eigenvalue weighted by atomic mass is 14.8. The molecule has 3 heteroatoms. The molecule has 1 aromatic heterocycles. The standard InChI is InChI=1S/C12H15BN2/c1-4-9-7-14-12-10(13-3)5-8(2)6-11(12)15-9/h5-7,13H,4H2,1-3H3. The van der Waals surface area contributed by atoms with E-state index in [1.54, 1.807) is 0 Å². The third kappa shape index (κ3) is 1.87. The van der Waals surface area contributed by atoms with Gasteiger partial charge in [-0.2, -0.15) is 0 Å². The molecule has 0 aliphatic rings. The number of hydrogen-bond donors (Lipinski definition) is 0. The van der Waals surface area contributed by atoms with Crippen molar-refractivity contribution in [2.45, 2.75) is 27.1 Å². The van der Waals surface area contributed by atoms with Crippen LogP contribution in [0.1, 0.15) is 18.2 Å². The summed E-state index contributed by atoms with van der Waals surface area (Å²) in [6.45, 7) is 6.37. The number of fused-ring (bicyclic) bond motifs is 1. The minimum Gasteiger partial charge on any atom is -0.253 e. The summed E-state index contributed by atoms with van der Waals surface area (Å²) in [7, 11) is 1.01. The van der Waals surface area contributed by atoms with Gasteiger partial charge in [-0.1, -0.05) is 25.3 Å². The van der Waals surface area contributed by atoms with Gasteiger partial charge in [0.05, 0.1) is 16.7 Å². The molecule has 1 aromatic carbocycles. The second-order valence-electron chi connectivity index (χ2n) is 3.86. The fourth-order valence-corrected chi connectivity index (χ4v) is 1.83. The summed E-state index contributed by atoms with van der Waals surface area (Å²) in [6, 6.07) is 4.31. The molecule has 0 atom stereocenters. The maximum Gasteiger partial charge on any atom is 0.157 e. The van der Waals surface area contributed by atoms with Gasteiger partial charge in [0.25, 0.3) is 0 Å². The highest BCUT2D eigenvalue weighted by molar-refractivity contribution is 6.55. The zero-order chi connectivity index (χ0) is 10.8. The van der Waals surface area contributed by atoms with Gasteiger partial charge in [0.15, 0.2) is 7.28 Å². The Bertz CT molecular complexity index is 494. The highest BCUT2D eigenvalue weighted by Gasteiger charge is 2.04. The maximum atomic E-state index is 4.60. The maximum absolute atomic E-state index is 4.60. The number of aromatic nitrogens is 2. The van der Waals surface area contributed by atoms with E-state index in [2.05, 4.69) is 42.8 Å². The molecule has 0 saturated heterocycles. The van der Waals surface area contributed by atoms with Gasteiger partial charge in [0.1, 0.15) is 0 Å². The molecule has 0 bridgehead atoms. The van der Waals surface area contributed by atoms with Gasteiger partial charge < -0.3 is 0 Å². The Balaban J connectivity index is 2.72. The van der Waals surface area contributed by atoms with E-state index in [9.17, 15) is 0 Å². The third-order valence-corrected chi connectivity index (χ3v) is 2.66. The lowest BCUT2D eigenvalue weighted by atomic mass is 9.72. The van der Waals surface area contributed by atoms with Crippen LogP contribution in [0.4, 0.5) is 0 Å². The quantitative estimate of drug-likeness (QED) is 0.685. The smallest absolute Gasteiger partial charge is 0.157 e. The van der Waals surface area contributed by atoms with Crippen LogP contribution >= 0.6 is 0 Å². The number of rotatable bonds is 2. The van der Waals surface area contributed by atoms with Crippen LogP contribution in [-0.2, 0) is 6.42 Å². The molecule has 2 aromatic rings. The summed E-state index contributed by atoms with van der Waals surface area (Å²) in [5, 5.41) is 0. The normalized spacial score (nSPS) is 10.6. The largest absolute Gasteiger partial charge is 0.253 e. The van der Waals surface area contributed by atoms with E-state index in [4.69, 9.17) is 0 Å². The van der Waals surface area contributed by atoms with E-state index < -0.39 is 0 Å². The second-order valence-corrected chi connectivity index (χ2v) is 3.86. The van der Waals surface area contributed by atoms with Crippen molar-refractivity contribution in [3.8, 4) is 0 Å². The summed E-state index contributed by atoms with van der Waals surface area (Å²) >= 11 is 0. The summed E-state index contributed by atoms with van der Waals surface area (Å²) in [5.74, 6) is 0. The molecule has 0 fully saturated rings. The van der Waals surface area contributed by atoms with Crippen LogP contribution in [-0.4, -0.2) is 17.2 Å². The molecule has 0 aliphatic carbocycles. The number of aryl methyl sites for hydroxylation is 2. The van der Waals surface area contributed by atoms with Crippen LogP contribution in [0.3, 0.4) is 0 Å². The van der Waals surface area contributed by atoms with E-state index in [1.165, 1.54) is 11.0 Å². The third-order valence-electron chi connectivity index (χ3n) is 2.66. The van der Waals surface area contributed by atoms with Gasteiger partial charge in [-0.15, -0.1) is 0 Å². The van der Waals surface area contributed by atoms with Crippen LogP contribution in [0.5, 0.6) is 0 Å². The first-order valence-corrected chi connectivity index (χ1v) is 5.49. The Morgan fingerprint density at radius 3 is 2.80 bits per heavy atom. The molecule has 0 amide bonds. The molecule has 0 saturated carbocycles. The molecule has 0 spiro atoms. The Hall–Kier alpha value is -1.38. The predicted octanol–water partition coefficient (Wildman–Crippen LogP) is 1.61. The van der Waals surface area contributed by atoms with Crippen LogP contribution in [0.25, 0.3) is 11.0 Å². The minimum atomic E-state index is 0.943. The average Bonchev–Trinajstić information content (AvgIpc) is 2.26. The van der Waals surface area contributed by atoms with Gasteiger partial charge in [-0.3, -0.25) is 4.98 Å². The topological polar surface area (TPSA) is 25.8 Å². The zero-order valence-corrected chi connectivity index (χ0v) is 9.54. The number of hydrogen-bond acceptors (Lipinski definition) is 2. The lowest BCUT2D eigenvalue weighted by molar-refractivity contribution is 1.03. The lowest BCUT2D eigenvalue weighted by Gasteiger charge is -2.05. The molecule has 0 N–H and O–H groups in total. The van der Waals surface area contributed by atoms with E-state index >= 15 is 0 Å². The van der Waals surface area contributed by atoms with E-state index in [0.29, 0.717) is 0 Å². The van der Waals surface area contributed by atoms with Gasteiger partial charge >= 0.3 is 0 Å². The Labute approximate surface area is 91.0 Å². The van der Waals surface area contributed by atoms with Crippen LogP contribution < -0.4 is 5.46 Å². The molecule has 76 valence electrons. The first-order valence-electron chi connectivity index (χ1n) is 5.49. The Morgan fingerprint density at radius 1 is 1.33 bits per heavy atom. The zero-order valence-electron chi connectivity index (χ0n) is 9.54. The van der Waals surface area contributed by atoms with Crippen molar-refractivity contribution < 1.29 is 0 Å². The van der Waals surface area contributed by atoms with Gasteiger partial charge in [-0.25, -0.2) is 4.98 Å². The summed E-state index contributed by atoms with van der Waals surface area (Å²) < 4.78 is 0. The fraction of sp³-hybridized carbons (Fsp3) is 0.333. The van der Waals surface area contributed by atoms with Gasteiger partial charge in [0, 0.05) is 6.20 Å². The predicted molar refractivity (Wildman–Crippen MR) is 66.3 cm³/mol. The first kappa shape index (κ1) is 10.2. The van der Waals surface area contributed by atoms with Crippen molar-refractivity contribution in [2.24, 2.45) is 0 Å². The van der Waals surface area contributed by atoms with Crippen LogP contribution in [0.2, 0.25) is 6.82 Å². The van der Waals surface area contributed by atoms with Gasteiger partial charge in [-0.05, 0) is 25.0 Å². The summed E-state index contributed by atoms with van der Waals surface area (Å²) in [4.78, 5) is 9.10. The molecule has 0 unspecified atom stereocenters. The number of nitrogens with zero attached hydrogens (tertiary/aromatic N) is 2. The van der Waals surface area contributed by atoms with Gasteiger partial charge in [0.2, 0.25) is 0 Å². The van der Waals surface area contributed by atoms with Crippen molar-refractivity contribution in [1.82, 2.24) is 9.97 Å². The Kier molecular flexibility index (Phi) is 2.71. The van der Waals surface area contributed by atoms with Crippen LogP contribution in [0, 0.1) is 6.92 Å². The van der Waals surface area contributed by atoms with Crippen molar-refractivity contribution in [2.75, 3.05) is 0 Å². The Morgan fingerprint density at radius 2 is 2.13 bits per heavy atom. The van der Waals surface area contributed by atoms with E-state index in [0.717, 1.165) is 30.4 Å². The van der Waals surface area contributed by atoms with Crippen LogP contribution in [0.15, 0.2) is 18.3 Å². The average molecular weight is 198 g/mol. The molecule has 2 rings (SSSR count). The minimum absolute atomic E-state index is 0.943. The first-order chi connectivity index (χ1) is 7.24. The lowest BCUT2D eigenvalue weighted by Crippen LogP contribution is -2.14. The summed E-state index contributed by atoms with van der Waals surface area (Å²) in [5.41, 5.74) is 5.71. The van der Waals surface area contributed by atoms with Crippen molar-refractivity contribution >= 4 is 23.8 Å². The SMILES string of the molecule is CBc1cc(C)cc2nc(CC)cnc12. The van der Waals surface area contributed by atoms with Crippen molar-refractivity contribution in [3.63, 3.8) is 0 Å². The molecule has 2 nitrogen and oxygen atoms in total. The fourth-order valence-electron chi connectivity index (χ4n) is 1.83. The van der Waals surface area contributed by atoms with Crippen molar-refractivity contribution in [3.05, 3.63) is 29.6 Å². The molecular weight excluding hydrogens is 183 g/mol. The summed E-state index contributed by atoms with van der Waals surface area (Å²) in [6.07, 6.45) is 2.83. The monoisotopic (exact) mass is 198 g/mol. The second kappa shape index (κ2) is 4.01. The molecule has 0 radical (unpaired) electrons.